The lowest BCUT2D eigenvalue weighted by molar-refractivity contribution is 0.673. The van der Waals surface area contributed by atoms with Crippen molar-refractivity contribution in [3.63, 3.8) is 0 Å². The third-order valence-corrected chi connectivity index (χ3v) is 11.6. The highest BCUT2D eigenvalue weighted by Gasteiger charge is 2.40. The van der Waals surface area contributed by atoms with Gasteiger partial charge in [0.05, 0.1) is 11.4 Å². The molecule has 0 saturated carbocycles. The molecule has 0 amide bonds. The van der Waals surface area contributed by atoms with Crippen molar-refractivity contribution in [1.82, 2.24) is 9.97 Å². The average molecular weight is 703 g/mol. The van der Waals surface area contributed by atoms with Crippen molar-refractivity contribution in [2.75, 3.05) is 0 Å². The van der Waals surface area contributed by atoms with E-state index in [1.807, 2.05) is 24.3 Å². The van der Waals surface area contributed by atoms with Crippen molar-refractivity contribution in [2.24, 2.45) is 0 Å². The van der Waals surface area contributed by atoms with Gasteiger partial charge in [-0.25, -0.2) is 9.97 Å². The molecule has 0 bridgehead atoms. The van der Waals surface area contributed by atoms with Crippen molar-refractivity contribution in [3.8, 4) is 56.2 Å². The van der Waals surface area contributed by atoms with Crippen LogP contribution in [-0.2, 0) is 5.41 Å². The lowest BCUT2D eigenvalue weighted by Crippen LogP contribution is -2.22. The van der Waals surface area contributed by atoms with Crippen LogP contribution in [0, 0.1) is 0 Å². The van der Waals surface area contributed by atoms with E-state index in [1.165, 1.54) is 27.8 Å². The minimum absolute atomic E-state index is 0.307. The highest BCUT2D eigenvalue weighted by molar-refractivity contribution is 6.21. The smallest absolute Gasteiger partial charge is 0.160 e. The SMILES string of the molecule is CC1(c2ccccc2)c2ccccc2-c2ccc(-c3cc(-c4cccc(-c5cc6ccccc6c6oc7ccccc7c56)c4)nc(-c4ccccc4)n3)cc21. The number of fused-ring (bicyclic) bond motifs is 8. The van der Waals surface area contributed by atoms with Crippen molar-refractivity contribution in [3.05, 3.63) is 205 Å². The van der Waals surface area contributed by atoms with Gasteiger partial charge in [-0.05, 0) is 81.6 Å². The molecular formula is C52H34N2O. The van der Waals surface area contributed by atoms with Gasteiger partial charge >= 0.3 is 0 Å². The monoisotopic (exact) mass is 702 g/mol. The Kier molecular flexibility index (Phi) is 6.99. The van der Waals surface area contributed by atoms with Crippen LogP contribution in [0.25, 0.3) is 88.9 Å². The topological polar surface area (TPSA) is 38.9 Å². The van der Waals surface area contributed by atoms with E-state index in [1.54, 1.807) is 0 Å². The van der Waals surface area contributed by atoms with E-state index in [0.29, 0.717) is 5.82 Å². The van der Waals surface area contributed by atoms with E-state index < -0.39 is 0 Å². The Morgan fingerprint density at radius 3 is 1.91 bits per heavy atom. The van der Waals surface area contributed by atoms with Gasteiger partial charge in [0.1, 0.15) is 11.2 Å². The van der Waals surface area contributed by atoms with Gasteiger partial charge in [-0.2, -0.15) is 0 Å². The molecule has 10 aromatic rings. The molecule has 258 valence electrons. The van der Waals surface area contributed by atoms with Gasteiger partial charge in [0.15, 0.2) is 5.82 Å². The maximum atomic E-state index is 6.55. The third-order valence-electron chi connectivity index (χ3n) is 11.6. The molecule has 0 saturated heterocycles. The molecule has 8 aromatic carbocycles. The molecular weight excluding hydrogens is 669 g/mol. The molecule has 2 heterocycles. The average Bonchev–Trinajstić information content (AvgIpc) is 3.78. The molecule has 1 aliphatic carbocycles. The minimum Gasteiger partial charge on any atom is -0.455 e. The van der Waals surface area contributed by atoms with Crippen LogP contribution in [-0.4, -0.2) is 9.97 Å². The first kappa shape index (κ1) is 31.4. The summed E-state index contributed by atoms with van der Waals surface area (Å²) >= 11 is 0. The molecule has 0 fully saturated rings. The number of benzene rings is 8. The summed E-state index contributed by atoms with van der Waals surface area (Å²) in [6, 6.07) is 66.8. The van der Waals surface area contributed by atoms with Crippen LogP contribution < -0.4 is 0 Å². The van der Waals surface area contributed by atoms with Gasteiger partial charge in [0.2, 0.25) is 0 Å². The summed E-state index contributed by atoms with van der Waals surface area (Å²) in [5.74, 6) is 0.696. The standard InChI is InChI=1S/C52H34N2O/c1-52(38-20-6-3-7-21-38)44-25-12-10-23-40(44)41-28-27-37(31-45(41)52)47-32-46(53-51(54-47)33-15-4-2-5-16-33)36-19-14-18-34(29-36)43-30-35-17-8-9-22-39(35)50-49(43)42-24-11-13-26-48(42)55-50/h2-32H,1H3. The number of aromatic nitrogens is 2. The Balaban J connectivity index is 1.10. The zero-order chi connectivity index (χ0) is 36.5. The molecule has 1 unspecified atom stereocenters. The second-order valence-electron chi connectivity index (χ2n) is 14.7. The summed E-state index contributed by atoms with van der Waals surface area (Å²) in [5.41, 5.74) is 15.0. The van der Waals surface area contributed by atoms with Gasteiger partial charge in [-0.1, -0.05) is 158 Å². The highest BCUT2D eigenvalue weighted by atomic mass is 16.3. The lowest BCUT2D eigenvalue weighted by Gasteiger charge is -2.28. The molecule has 1 atom stereocenters. The van der Waals surface area contributed by atoms with Crippen LogP contribution in [0.15, 0.2) is 192 Å². The molecule has 11 rings (SSSR count). The molecule has 0 spiro atoms. The molecule has 0 radical (unpaired) electrons. The first-order valence-electron chi connectivity index (χ1n) is 18.8. The second-order valence-corrected chi connectivity index (χ2v) is 14.7. The zero-order valence-corrected chi connectivity index (χ0v) is 30.2. The van der Waals surface area contributed by atoms with Crippen molar-refractivity contribution in [2.45, 2.75) is 12.3 Å². The summed E-state index contributed by atoms with van der Waals surface area (Å²) < 4.78 is 6.55. The summed E-state index contributed by atoms with van der Waals surface area (Å²) in [7, 11) is 0. The molecule has 3 heteroatoms. The number of hydrogen-bond donors (Lipinski definition) is 0. The normalized spacial score (nSPS) is 14.7. The van der Waals surface area contributed by atoms with Crippen LogP contribution in [0.3, 0.4) is 0 Å². The van der Waals surface area contributed by atoms with Crippen molar-refractivity contribution >= 4 is 32.7 Å². The van der Waals surface area contributed by atoms with Crippen LogP contribution >= 0.6 is 0 Å². The number of para-hydroxylation sites is 1. The largest absolute Gasteiger partial charge is 0.455 e. The maximum Gasteiger partial charge on any atom is 0.160 e. The third kappa shape index (κ3) is 4.90. The van der Waals surface area contributed by atoms with Crippen LogP contribution in [0.5, 0.6) is 0 Å². The Labute approximate surface area is 319 Å². The maximum absolute atomic E-state index is 6.55. The number of nitrogens with zero attached hydrogens (tertiary/aromatic N) is 2. The van der Waals surface area contributed by atoms with Crippen LogP contribution in [0.1, 0.15) is 23.6 Å². The minimum atomic E-state index is -0.307. The fourth-order valence-electron chi connectivity index (χ4n) is 8.83. The van der Waals surface area contributed by atoms with Gasteiger partial charge < -0.3 is 4.42 Å². The zero-order valence-electron chi connectivity index (χ0n) is 30.2. The quantitative estimate of drug-likeness (QED) is 0.179. The second kappa shape index (κ2) is 12.2. The summed E-state index contributed by atoms with van der Waals surface area (Å²) in [6.07, 6.45) is 0. The van der Waals surface area contributed by atoms with Crippen molar-refractivity contribution in [1.29, 1.82) is 0 Å². The predicted octanol–water partition coefficient (Wildman–Crippen LogP) is 13.5. The molecule has 2 aromatic heterocycles. The predicted molar refractivity (Wildman–Crippen MR) is 226 cm³/mol. The first-order valence-corrected chi connectivity index (χ1v) is 18.8. The fraction of sp³-hybridized carbons (Fsp3) is 0.0385. The Morgan fingerprint density at radius 1 is 0.436 bits per heavy atom. The molecule has 0 aliphatic heterocycles. The highest BCUT2D eigenvalue weighted by Crippen LogP contribution is 2.53. The van der Waals surface area contributed by atoms with E-state index in [2.05, 4.69) is 171 Å². The molecule has 1 aliphatic rings. The first-order chi connectivity index (χ1) is 27.1. The van der Waals surface area contributed by atoms with Gasteiger partial charge in [0.25, 0.3) is 0 Å². The molecule has 3 nitrogen and oxygen atoms in total. The summed E-state index contributed by atoms with van der Waals surface area (Å²) in [6.45, 7) is 2.36. The Bertz CT molecular complexity index is 3110. The number of furan rings is 1. The van der Waals surface area contributed by atoms with Gasteiger partial charge in [-0.15, -0.1) is 0 Å². The van der Waals surface area contributed by atoms with E-state index in [0.717, 1.165) is 71.9 Å². The molecule has 0 N–H and O–H groups in total. The van der Waals surface area contributed by atoms with Crippen LogP contribution in [0.2, 0.25) is 0 Å². The number of hydrogen-bond acceptors (Lipinski definition) is 3. The van der Waals surface area contributed by atoms with Gasteiger partial charge in [-0.3, -0.25) is 0 Å². The fourth-order valence-corrected chi connectivity index (χ4v) is 8.83. The van der Waals surface area contributed by atoms with E-state index in [9.17, 15) is 0 Å². The van der Waals surface area contributed by atoms with E-state index in [-0.39, 0.29) is 5.41 Å². The summed E-state index contributed by atoms with van der Waals surface area (Å²) in [4.78, 5) is 10.5. The van der Waals surface area contributed by atoms with E-state index >= 15 is 0 Å². The Hall–Kier alpha value is -7.10. The summed E-state index contributed by atoms with van der Waals surface area (Å²) in [5, 5.41) is 4.50. The Morgan fingerprint density at radius 2 is 1.07 bits per heavy atom. The lowest BCUT2D eigenvalue weighted by atomic mass is 9.74. The van der Waals surface area contributed by atoms with E-state index in [4.69, 9.17) is 14.4 Å². The van der Waals surface area contributed by atoms with Gasteiger partial charge in [0, 0.05) is 38.3 Å². The molecule has 55 heavy (non-hydrogen) atoms. The van der Waals surface area contributed by atoms with Crippen molar-refractivity contribution < 1.29 is 4.42 Å². The van der Waals surface area contributed by atoms with Crippen LogP contribution in [0.4, 0.5) is 0 Å². The number of rotatable bonds is 5.